The second-order valence-electron chi connectivity index (χ2n) is 3.69. The van der Waals surface area contributed by atoms with Gasteiger partial charge >= 0.3 is 0 Å². The molecule has 1 saturated heterocycles. The lowest BCUT2D eigenvalue weighted by Crippen LogP contribution is -2.31. The number of likely N-dealkylation sites (tertiary alicyclic amines) is 1. The maximum absolute atomic E-state index is 11.9. The first-order valence-electron chi connectivity index (χ1n) is 5.14. The van der Waals surface area contributed by atoms with Gasteiger partial charge in [-0.15, -0.1) is 11.3 Å². The Morgan fingerprint density at radius 2 is 2.60 bits per heavy atom. The topological polar surface area (TPSA) is 20.3 Å². The van der Waals surface area contributed by atoms with E-state index < -0.39 is 0 Å². The van der Waals surface area contributed by atoms with E-state index in [4.69, 9.17) is 0 Å². The van der Waals surface area contributed by atoms with Gasteiger partial charge in [-0.05, 0) is 30.5 Å². The van der Waals surface area contributed by atoms with Crippen LogP contribution in [-0.2, 0) is 4.79 Å². The molecule has 1 aromatic heterocycles. The van der Waals surface area contributed by atoms with E-state index in [0.717, 1.165) is 19.4 Å². The van der Waals surface area contributed by atoms with Crippen molar-refractivity contribution in [1.82, 2.24) is 4.90 Å². The zero-order valence-corrected chi connectivity index (χ0v) is 10.4. The van der Waals surface area contributed by atoms with Crippen LogP contribution in [0.25, 0.3) is 0 Å². The minimum atomic E-state index is 0.290. The molecule has 1 aliphatic heterocycles. The molecule has 0 N–H and O–H groups in total. The first kappa shape index (κ1) is 11.0. The molecule has 0 aliphatic carbocycles. The van der Waals surface area contributed by atoms with Crippen molar-refractivity contribution in [3.8, 4) is 0 Å². The molecule has 82 valence electrons. The fourth-order valence-corrected chi connectivity index (χ4v) is 3.33. The molecule has 0 bridgehead atoms. The number of thioether (sulfide) groups is 1. The van der Waals surface area contributed by atoms with Crippen molar-refractivity contribution in [2.24, 2.45) is 0 Å². The predicted octanol–water partition coefficient (Wildman–Crippen LogP) is 2.77. The van der Waals surface area contributed by atoms with Gasteiger partial charge in [0.05, 0.1) is 11.8 Å². The number of hydrogen-bond donors (Lipinski definition) is 0. The van der Waals surface area contributed by atoms with Gasteiger partial charge in [0.15, 0.2) is 0 Å². The maximum atomic E-state index is 11.9. The summed E-state index contributed by atoms with van der Waals surface area (Å²) in [6, 6.07) is 4.56. The third kappa shape index (κ3) is 2.37. The lowest BCUT2D eigenvalue weighted by atomic mass is 10.2. The van der Waals surface area contributed by atoms with Crippen LogP contribution >= 0.6 is 23.1 Å². The molecular weight excluding hydrogens is 226 g/mol. The van der Waals surface area contributed by atoms with Crippen LogP contribution in [0.2, 0.25) is 0 Å². The largest absolute Gasteiger partial charge is 0.334 e. The summed E-state index contributed by atoms with van der Waals surface area (Å²) in [6.07, 6.45) is 4.25. The summed E-state index contributed by atoms with van der Waals surface area (Å²) in [6.45, 7) is 0.933. The molecule has 1 fully saturated rings. The van der Waals surface area contributed by atoms with E-state index in [-0.39, 0.29) is 0 Å². The standard InChI is InChI=1S/C11H15NOS2/c1-14-8-11(13)12-6-2-4-9(12)10-5-3-7-15-10/h3,5,7,9H,2,4,6,8H2,1H3. The summed E-state index contributed by atoms with van der Waals surface area (Å²) in [7, 11) is 0. The monoisotopic (exact) mass is 241 g/mol. The Balaban J connectivity index is 2.08. The van der Waals surface area contributed by atoms with Gasteiger partial charge in [0.25, 0.3) is 0 Å². The Labute approximate surface area is 98.7 Å². The van der Waals surface area contributed by atoms with E-state index in [0.29, 0.717) is 17.7 Å². The van der Waals surface area contributed by atoms with Crippen molar-refractivity contribution in [2.45, 2.75) is 18.9 Å². The second kappa shape index (κ2) is 5.03. The van der Waals surface area contributed by atoms with Crippen LogP contribution in [0.3, 0.4) is 0 Å². The maximum Gasteiger partial charge on any atom is 0.233 e. The molecule has 0 radical (unpaired) electrons. The molecule has 1 aromatic rings. The smallest absolute Gasteiger partial charge is 0.233 e. The average molecular weight is 241 g/mol. The number of hydrogen-bond acceptors (Lipinski definition) is 3. The molecule has 15 heavy (non-hydrogen) atoms. The quantitative estimate of drug-likeness (QED) is 0.811. The predicted molar refractivity (Wildman–Crippen MR) is 66.4 cm³/mol. The molecule has 0 aromatic carbocycles. The molecule has 2 nitrogen and oxygen atoms in total. The van der Waals surface area contributed by atoms with Gasteiger partial charge in [-0.25, -0.2) is 0 Å². The molecular formula is C11H15NOS2. The van der Waals surface area contributed by atoms with E-state index in [1.54, 1.807) is 23.1 Å². The lowest BCUT2D eigenvalue weighted by Gasteiger charge is -2.23. The SMILES string of the molecule is CSCC(=O)N1CCCC1c1cccs1. The van der Waals surface area contributed by atoms with Crippen LogP contribution in [-0.4, -0.2) is 29.4 Å². The minimum Gasteiger partial charge on any atom is -0.334 e. The van der Waals surface area contributed by atoms with Gasteiger partial charge in [0.2, 0.25) is 5.91 Å². The van der Waals surface area contributed by atoms with Crippen molar-refractivity contribution >= 4 is 29.0 Å². The van der Waals surface area contributed by atoms with E-state index in [1.165, 1.54) is 4.88 Å². The average Bonchev–Trinajstić information content (AvgIpc) is 2.88. The van der Waals surface area contributed by atoms with Crippen molar-refractivity contribution < 1.29 is 4.79 Å². The van der Waals surface area contributed by atoms with Crippen LogP contribution in [0.4, 0.5) is 0 Å². The van der Waals surface area contributed by atoms with Crippen LogP contribution in [0, 0.1) is 0 Å². The molecule has 0 saturated carbocycles. The van der Waals surface area contributed by atoms with Gasteiger partial charge in [0.1, 0.15) is 0 Å². The van der Waals surface area contributed by atoms with Gasteiger partial charge in [-0.3, -0.25) is 4.79 Å². The van der Waals surface area contributed by atoms with Crippen LogP contribution in [0.15, 0.2) is 17.5 Å². The molecule has 1 amide bonds. The molecule has 4 heteroatoms. The van der Waals surface area contributed by atoms with E-state index >= 15 is 0 Å². The van der Waals surface area contributed by atoms with E-state index in [9.17, 15) is 4.79 Å². The van der Waals surface area contributed by atoms with Gasteiger partial charge < -0.3 is 4.90 Å². The Morgan fingerprint density at radius 1 is 1.73 bits per heavy atom. The molecule has 0 spiro atoms. The molecule has 2 rings (SSSR count). The van der Waals surface area contributed by atoms with Crippen molar-refractivity contribution in [2.75, 3.05) is 18.6 Å². The van der Waals surface area contributed by atoms with Gasteiger partial charge in [-0.1, -0.05) is 6.07 Å². The lowest BCUT2D eigenvalue weighted by molar-refractivity contribution is -0.129. The summed E-state index contributed by atoms with van der Waals surface area (Å²) in [5.41, 5.74) is 0. The highest BCUT2D eigenvalue weighted by Gasteiger charge is 2.29. The number of carbonyl (C=O) groups excluding carboxylic acids is 1. The van der Waals surface area contributed by atoms with Gasteiger partial charge in [-0.2, -0.15) is 11.8 Å². The summed E-state index contributed by atoms with van der Waals surface area (Å²) in [4.78, 5) is 15.2. The Bertz CT molecular complexity index is 323. The van der Waals surface area contributed by atoms with E-state index in [2.05, 4.69) is 17.5 Å². The van der Waals surface area contributed by atoms with E-state index in [1.807, 2.05) is 11.2 Å². The third-order valence-electron chi connectivity index (χ3n) is 2.71. The number of rotatable bonds is 3. The van der Waals surface area contributed by atoms with Crippen LogP contribution < -0.4 is 0 Å². The highest BCUT2D eigenvalue weighted by molar-refractivity contribution is 7.99. The fourth-order valence-electron chi connectivity index (χ4n) is 2.05. The second-order valence-corrected chi connectivity index (χ2v) is 5.54. The highest BCUT2D eigenvalue weighted by atomic mass is 32.2. The Hall–Kier alpha value is -0.480. The summed E-state index contributed by atoms with van der Waals surface area (Å²) in [5.74, 6) is 0.903. The number of thiophene rings is 1. The molecule has 1 unspecified atom stereocenters. The number of carbonyl (C=O) groups is 1. The third-order valence-corrected chi connectivity index (χ3v) is 4.22. The Morgan fingerprint density at radius 3 is 3.27 bits per heavy atom. The van der Waals surface area contributed by atoms with Crippen molar-refractivity contribution in [3.05, 3.63) is 22.4 Å². The summed E-state index contributed by atoms with van der Waals surface area (Å²) >= 11 is 3.37. The van der Waals surface area contributed by atoms with Crippen molar-refractivity contribution in [1.29, 1.82) is 0 Å². The molecule has 1 aliphatic rings. The Kier molecular flexibility index (Phi) is 3.70. The van der Waals surface area contributed by atoms with Crippen LogP contribution in [0.5, 0.6) is 0 Å². The molecule has 2 heterocycles. The zero-order chi connectivity index (χ0) is 10.7. The first-order chi connectivity index (χ1) is 7.33. The normalized spacial score (nSPS) is 20.9. The fraction of sp³-hybridized carbons (Fsp3) is 0.545. The minimum absolute atomic E-state index is 0.290. The summed E-state index contributed by atoms with van der Waals surface area (Å²) in [5, 5.41) is 2.09. The van der Waals surface area contributed by atoms with Gasteiger partial charge in [0, 0.05) is 11.4 Å². The molecule has 1 atom stereocenters. The van der Waals surface area contributed by atoms with Crippen molar-refractivity contribution in [3.63, 3.8) is 0 Å². The summed E-state index contributed by atoms with van der Waals surface area (Å²) < 4.78 is 0. The number of nitrogens with zero attached hydrogens (tertiary/aromatic N) is 1. The zero-order valence-electron chi connectivity index (χ0n) is 8.81. The highest BCUT2D eigenvalue weighted by Crippen LogP contribution is 2.34. The van der Waals surface area contributed by atoms with Crippen LogP contribution in [0.1, 0.15) is 23.8 Å². The number of amides is 1. The first-order valence-corrected chi connectivity index (χ1v) is 7.42.